The minimum absolute atomic E-state index is 0.130. The normalized spacial score (nSPS) is 18.6. The molecule has 1 fully saturated rings. The second kappa shape index (κ2) is 6.63. The van der Waals surface area contributed by atoms with E-state index in [0.29, 0.717) is 6.04 Å². The summed E-state index contributed by atoms with van der Waals surface area (Å²) >= 11 is 3.55. The zero-order chi connectivity index (χ0) is 16.6. The van der Waals surface area contributed by atoms with Crippen LogP contribution >= 0.6 is 15.9 Å². The van der Waals surface area contributed by atoms with Crippen LogP contribution in [0.15, 0.2) is 16.7 Å². The predicted molar refractivity (Wildman–Crippen MR) is 96.0 cm³/mol. The largest absolute Gasteiger partial charge is 0.335 e. The third-order valence-corrected chi connectivity index (χ3v) is 5.13. The number of aromatic nitrogens is 2. The van der Waals surface area contributed by atoms with Crippen molar-refractivity contribution >= 4 is 27.5 Å². The first-order chi connectivity index (χ1) is 11.0. The standard InChI is InChI=1S/C18H24BrN3O/c1-4-7-15-16(18(23)21-9-6-5-8-13(21)3)22-11-14(19)10-12(2)17(22)20-15/h10-11,13H,4-9H2,1-3H3. The summed E-state index contributed by atoms with van der Waals surface area (Å²) in [5.74, 6) is 0.130. The number of likely N-dealkylation sites (tertiary alicyclic amines) is 1. The quantitative estimate of drug-likeness (QED) is 0.795. The van der Waals surface area contributed by atoms with Crippen LogP contribution in [0.25, 0.3) is 5.65 Å². The number of hydrogen-bond donors (Lipinski definition) is 0. The number of halogens is 1. The molecular weight excluding hydrogens is 354 g/mol. The first-order valence-electron chi connectivity index (χ1n) is 8.51. The van der Waals surface area contributed by atoms with Crippen LogP contribution in [0.2, 0.25) is 0 Å². The molecule has 0 spiro atoms. The lowest BCUT2D eigenvalue weighted by molar-refractivity contribution is 0.0627. The summed E-state index contributed by atoms with van der Waals surface area (Å²) in [7, 11) is 0. The molecule has 0 bridgehead atoms. The summed E-state index contributed by atoms with van der Waals surface area (Å²) in [5.41, 5.74) is 3.66. The van der Waals surface area contributed by atoms with Gasteiger partial charge in [-0.05, 0) is 67.1 Å². The molecule has 124 valence electrons. The van der Waals surface area contributed by atoms with Gasteiger partial charge in [0.25, 0.3) is 5.91 Å². The molecule has 2 aromatic heterocycles. The van der Waals surface area contributed by atoms with Crippen LogP contribution in [0.4, 0.5) is 0 Å². The van der Waals surface area contributed by atoms with Crippen molar-refractivity contribution in [3.05, 3.63) is 33.7 Å². The van der Waals surface area contributed by atoms with Gasteiger partial charge in [-0.3, -0.25) is 9.20 Å². The highest BCUT2D eigenvalue weighted by molar-refractivity contribution is 9.10. The second-order valence-corrected chi connectivity index (χ2v) is 7.45. The number of fused-ring (bicyclic) bond motifs is 1. The van der Waals surface area contributed by atoms with Gasteiger partial charge in [0.1, 0.15) is 11.3 Å². The Morgan fingerprint density at radius 2 is 2.22 bits per heavy atom. The fraction of sp³-hybridized carbons (Fsp3) is 0.556. The van der Waals surface area contributed by atoms with Crippen molar-refractivity contribution in [2.75, 3.05) is 6.54 Å². The fourth-order valence-corrected chi connectivity index (χ4v) is 4.04. The summed E-state index contributed by atoms with van der Waals surface area (Å²) < 4.78 is 2.96. The molecule has 1 aliphatic heterocycles. The summed E-state index contributed by atoms with van der Waals surface area (Å²) in [6.45, 7) is 7.18. The Kier molecular flexibility index (Phi) is 4.76. The smallest absolute Gasteiger partial charge is 0.273 e. The van der Waals surface area contributed by atoms with E-state index >= 15 is 0 Å². The Morgan fingerprint density at radius 1 is 1.43 bits per heavy atom. The van der Waals surface area contributed by atoms with Crippen molar-refractivity contribution in [3.63, 3.8) is 0 Å². The monoisotopic (exact) mass is 377 g/mol. The van der Waals surface area contributed by atoms with Crippen molar-refractivity contribution in [1.82, 2.24) is 14.3 Å². The Labute approximate surface area is 146 Å². The lowest BCUT2D eigenvalue weighted by atomic mass is 10.0. The van der Waals surface area contributed by atoms with Gasteiger partial charge in [0.15, 0.2) is 0 Å². The molecule has 0 radical (unpaired) electrons. The Bertz CT molecular complexity index is 737. The highest BCUT2D eigenvalue weighted by Crippen LogP contribution is 2.25. The third kappa shape index (κ3) is 3.03. The number of carbonyl (C=O) groups is 1. The van der Waals surface area contributed by atoms with Gasteiger partial charge >= 0.3 is 0 Å². The maximum Gasteiger partial charge on any atom is 0.273 e. The van der Waals surface area contributed by atoms with Crippen LogP contribution in [0.1, 0.15) is 61.3 Å². The number of piperidine rings is 1. The molecule has 5 heteroatoms. The van der Waals surface area contributed by atoms with Crippen molar-refractivity contribution in [3.8, 4) is 0 Å². The Balaban J connectivity index is 2.13. The number of imidazole rings is 1. The molecule has 4 nitrogen and oxygen atoms in total. The molecule has 23 heavy (non-hydrogen) atoms. The Hall–Kier alpha value is -1.36. The average molecular weight is 378 g/mol. The molecule has 0 saturated carbocycles. The van der Waals surface area contributed by atoms with Crippen molar-refractivity contribution in [2.24, 2.45) is 0 Å². The van der Waals surface area contributed by atoms with Gasteiger partial charge < -0.3 is 4.90 Å². The lowest BCUT2D eigenvalue weighted by Gasteiger charge is -2.33. The van der Waals surface area contributed by atoms with Gasteiger partial charge in [-0.2, -0.15) is 0 Å². The predicted octanol–water partition coefficient (Wildman–Crippen LogP) is 4.37. The van der Waals surface area contributed by atoms with E-state index in [0.717, 1.165) is 59.3 Å². The van der Waals surface area contributed by atoms with Crippen molar-refractivity contribution < 1.29 is 4.79 Å². The topological polar surface area (TPSA) is 37.6 Å². The fourth-order valence-electron chi connectivity index (χ4n) is 3.49. The summed E-state index contributed by atoms with van der Waals surface area (Å²) in [6, 6.07) is 2.36. The molecule has 0 N–H and O–H groups in total. The van der Waals surface area contributed by atoms with Crippen LogP contribution in [0, 0.1) is 6.92 Å². The molecule has 0 aliphatic carbocycles. The van der Waals surface area contributed by atoms with Gasteiger partial charge in [0.2, 0.25) is 0 Å². The van der Waals surface area contributed by atoms with E-state index in [-0.39, 0.29) is 5.91 Å². The zero-order valence-corrected chi connectivity index (χ0v) is 15.7. The maximum atomic E-state index is 13.3. The summed E-state index contributed by atoms with van der Waals surface area (Å²) in [5, 5.41) is 0. The first kappa shape index (κ1) is 16.5. The van der Waals surface area contributed by atoms with Crippen LogP contribution in [0.5, 0.6) is 0 Å². The van der Waals surface area contributed by atoms with Gasteiger partial charge in [-0.1, -0.05) is 13.3 Å². The molecule has 1 saturated heterocycles. The number of aryl methyl sites for hydroxylation is 2. The minimum atomic E-state index is 0.130. The van der Waals surface area contributed by atoms with Crippen LogP contribution < -0.4 is 0 Å². The van der Waals surface area contributed by atoms with E-state index in [1.165, 1.54) is 6.42 Å². The van der Waals surface area contributed by atoms with Crippen molar-refractivity contribution in [1.29, 1.82) is 0 Å². The van der Waals surface area contributed by atoms with E-state index in [4.69, 9.17) is 4.98 Å². The van der Waals surface area contributed by atoms with Gasteiger partial charge in [-0.25, -0.2) is 4.98 Å². The van der Waals surface area contributed by atoms with Crippen LogP contribution in [-0.4, -0.2) is 32.8 Å². The number of hydrogen-bond acceptors (Lipinski definition) is 2. The summed E-state index contributed by atoms with van der Waals surface area (Å²) in [6.07, 6.45) is 7.19. The molecule has 1 amide bonds. The molecular formula is C18H24BrN3O. The summed E-state index contributed by atoms with van der Waals surface area (Å²) in [4.78, 5) is 20.1. The average Bonchev–Trinajstić information content (AvgIpc) is 2.86. The molecule has 3 heterocycles. The molecule has 0 aromatic carbocycles. The third-order valence-electron chi connectivity index (χ3n) is 4.70. The minimum Gasteiger partial charge on any atom is -0.335 e. The second-order valence-electron chi connectivity index (χ2n) is 6.54. The number of nitrogens with zero attached hydrogens (tertiary/aromatic N) is 3. The van der Waals surface area contributed by atoms with Gasteiger partial charge in [0, 0.05) is 23.3 Å². The van der Waals surface area contributed by atoms with E-state index in [2.05, 4.69) is 35.8 Å². The van der Waals surface area contributed by atoms with E-state index in [1.54, 1.807) is 0 Å². The number of carbonyl (C=O) groups excluding carboxylic acids is 1. The molecule has 2 aromatic rings. The molecule has 3 rings (SSSR count). The van der Waals surface area contributed by atoms with Gasteiger partial charge in [0.05, 0.1) is 5.69 Å². The van der Waals surface area contributed by atoms with E-state index < -0.39 is 0 Å². The highest BCUT2D eigenvalue weighted by Gasteiger charge is 2.29. The highest BCUT2D eigenvalue weighted by atomic mass is 79.9. The Morgan fingerprint density at radius 3 is 2.91 bits per heavy atom. The molecule has 1 aliphatic rings. The molecule has 1 atom stereocenters. The number of rotatable bonds is 3. The SMILES string of the molecule is CCCc1nc2c(C)cc(Br)cn2c1C(=O)N1CCCCC1C. The zero-order valence-electron chi connectivity index (χ0n) is 14.1. The van der Waals surface area contributed by atoms with Gasteiger partial charge in [-0.15, -0.1) is 0 Å². The van der Waals surface area contributed by atoms with Crippen LogP contribution in [0.3, 0.4) is 0 Å². The number of amides is 1. The first-order valence-corrected chi connectivity index (χ1v) is 9.30. The maximum absolute atomic E-state index is 13.3. The van der Waals surface area contributed by atoms with Crippen molar-refractivity contribution in [2.45, 2.75) is 58.9 Å². The number of pyridine rings is 1. The molecule has 1 unspecified atom stereocenters. The van der Waals surface area contributed by atoms with E-state index in [1.807, 2.05) is 22.4 Å². The van der Waals surface area contributed by atoms with E-state index in [9.17, 15) is 4.79 Å². The van der Waals surface area contributed by atoms with Crippen LogP contribution in [-0.2, 0) is 6.42 Å². The lowest BCUT2D eigenvalue weighted by Crippen LogP contribution is -2.42.